The molecule has 4 N–H and O–H groups in total. The Labute approximate surface area is 71.5 Å². The Morgan fingerprint density at radius 1 is 1.55 bits per heavy atom. The molecule has 0 rings (SSSR count). The normalized spacial score (nSPS) is 10.0. The van der Waals surface area contributed by atoms with Crippen molar-refractivity contribution in [1.29, 1.82) is 0 Å². The van der Waals surface area contributed by atoms with E-state index in [1.807, 2.05) is 11.9 Å². The molecule has 0 aliphatic heterocycles. The molecule has 0 saturated heterocycles. The monoisotopic (exact) mass is 175 g/mol. The molecule has 1 amide bonds. The molecule has 0 fully saturated rings. The van der Waals surface area contributed by atoms with Crippen molar-refractivity contribution in [2.75, 3.05) is 20.1 Å². The maximum atomic E-state index is 10.3. The molecule has 0 atom stereocenters. The molecular weight excluding hydrogens is 162 g/mol. The fraction of sp³-hybridized carbons (Fsp3) is 0.667. The number of carbonyl (C=O) groups excluding carboxylic acids is 1. The largest absolute Gasteiger partial charge is 0.392 e. The highest BCUT2D eigenvalue weighted by Gasteiger charge is 2.01. The summed E-state index contributed by atoms with van der Waals surface area (Å²) in [7, 11) is 1.84. The molecule has 0 bridgehead atoms. The lowest BCUT2D eigenvalue weighted by atomic mass is 10.4. The van der Waals surface area contributed by atoms with Crippen molar-refractivity contribution in [3.8, 4) is 0 Å². The molecule has 11 heavy (non-hydrogen) atoms. The van der Waals surface area contributed by atoms with Crippen LogP contribution in [0.5, 0.6) is 0 Å². The highest BCUT2D eigenvalue weighted by atomic mass is 32.1. The van der Waals surface area contributed by atoms with Gasteiger partial charge < -0.3 is 11.5 Å². The van der Waals surface area contributed by atoms with Crippen molar-refractivity contribution >= 4 is 23.1 Å². The lowest BCUT2D eigenvalue weighted by Crippen LogP contribution is -2.32. The Hall–Kier alpha value is -0.680. The van der Waals surface area contributed by atoms with Crippen molar-refractivity contribution in [3.63, 3.8) is 0 Å². The van der Waals surface area contributed by atoms with Gasteiger partial charge in [-0.3, -0.25) is 9.69 Å². The van der Waals surface area contributed by atoms with Gasteiger partial charge in [0.1, 0.15) is 0 Å². The fourth-order valence-electron chi connectivity index (χ4n) is 0.646. The molecule has 4 nitrogen and oxygen atoms in total. The van der Waals surface area contributed by atoms with Gasteiger partial charge in [-0.15, -0.1) is 0 Å². The molecule has 0 aromatic rings. The number of primary amides is 1. The third kappa shape index (κ3) is 7.21. The van der Waals surface area contributed by atoms with Gasteiger partial charge in [0.2, 0.25) is 5.91 Å². The van der Waals surface area contributed by atoms with E-state index < -0.39 is 0 Å². The summed E-state index contributed by atoms with van der Waals surface area (Å²) in [6.45, 7) is 1.13. The number of hydrogen-bond acceptors (Lipinski definition) is 3. The highest BCUT2D eigenvalue weighted by molar-refractivity contribution is 7.80. The van der Waals surface area contributed by atoms with Crippen molar-refractivity contribution in [3.05, 3.63) is 0 Å². The third-order valence-electron chi connectivity index (χ3n) is 1.17. The van der Waals surface area contributed by atoms with Crippen LogP contribution in [0.1, 0.15) is 6.42 Å². The number of carbonyl (C=O) groups is 1. The smallest absolute Gasteiger partial charge is 0.218 e. The van der Waals surface area contributed by atoms with Crippen LogP contribution in [0, 0.1) is 0 Å². The zero-order valence-electron chi connectivity index (χ0n) is 6.54. The highest BCUT2D eigenvalue weighted by Crippen LogP contribution is 1.85. The molecule has 0 aliphatic carbocycles. The SMILES string of the molecule is CN(CCC(N)=O)CC(N)=S. The van der Waals surface area contributed by atoms with E-state index in [4.69, 9.17) is 11.5 Å². The van der Waals surface area contributed by atoms with E-state index >= 15 is 0 Å². The van der Waals surface area contributed by atoms with Crippen molar-refractivity contribution in [2.24, 2.45) is 11.5 Å². The molecule has 0 unspecified atom stereocenters. The second-order valence-electron chi connectivity index (χ2n) is 2.42. The van der Waals surface area contributed by atoms with E-state index in [1.165, 1.54) is 0 Å². The first kappa shape index (κ1) is 10.3. The molecule has 64 valence electrons. The summed E-state index contributed by atoms with van der Waals surface area (Å²) in [5.41, 5.74) is 10.2. The Bertz CT molecular complexity index is 160. The maximum absolute atomic E-state index is 10.3. The van der Waals surface area contributed by atoms with Gasteiger partial charge in [0.25, 0.3) is 0 Å². The molecule has 0 saturated carbocycles. The summed E-state index contributed by atoms with van der Waals surface area (Å²) in [5.74, 6) is -0.306. The topological polar surface area (TPSA) is 72.3 Å². The van der Waals surface area contributed by atoms with Gasteiger partial charge in [-0.05, 0) is 7.05 Å². The molecule has 0 spiro atoms. The summed E-state index contributed by atoms with van der Waals surface area (Å²) < 4.78 is 0. The van der Waals surface area contributed by atoms with Gasteiger partial charge >= 0.3 is 0 Å². The van der Waals surface area contributed by atoms with Gasteiger partial charge in [0.15, 0.2) is 0 Å². The molecule has 0 aromatic heterocycles. The van der Waals surface area contributed by atoms with Crippen LogP contribution in [-0.2, 0) is 4.79 Å². The number of likely N-dealkylation sites (N-methyl/N-ethyl adjacent to an activating group) is 1. The van der Waals surface area contributed by atoms with E-state index in [9.17, 15) is 4.79 Å². The lowest BCUT2D eigenvalue weighted by molar-refractivity contribution is -0.118. The Kier molecular flexibility index (Phi) is 4.72. The zero-order valence-corrected chi connectivity index (χ0v) is 7.36. The van der Waals surface area contributed by atoms with Crippen LogP contribution in [-0.4, -0.2) is 35.9 Å². The number of nitrogens with two attached hydrogens (primary N) is 2. The maximum Gasteiger partial charge on any atom is 0.218 e. The van der Waals surface area contributed by atoms with E-state index in [-0.39, 0.29) is 5.91 Å². The molecule has 0 aliphatic rings. The lowest BCUT2D eigenvalue weighted by Gasteiger charge is -2.13. The predicted octanol–water partition coefficient (Wildman–Crippen LogP) is -0.920. The van der Waals surface area contributed by atoms with E-state index in [2.05, 4.69) is 12.2 Å². The molecule has 0 aromatic carbocycles. The first-order valence-corrected chi connectivity index (χ1v) is 3.68. The van der Waals surface area contributed by atoms with Crippen LogP contribution in [0.2, 0.25) is 0 Å². The number of amides is 1. The minimum absolute atomic E-state index is 0.306. The average molecular weight is 175 g/mol. The Balaban J connectivity index is 3.44. The number of thiocarbonyl (C=S) groups is 1. The van der Waals surface area contributed by atoms with Gasteiger partial charge in [-0.1, -0.05) is 12.2 Å². The fourth-order valence-corrected chi connectivity index (χ4v) is 0.867. The van der Waals surface area contributed by atoms with Crippen molar-refractivity contribution < 1.29 is 4.79 Å². The average Bonchev–Trinajstić information content (AvgIpc) is 1.82. The zero-order chi connectivity index (χ0) is 8.85. The standard InChI is InChI=1S/C6H13N3OS/c1-9(4-6(8)11)3-2-5(7)10/h2-4H2,1H3,(H2,7,10)(H2,8,11). The predicted molar refractivity (Wildman–Crippen MR) is 48.1 cm³/mol. The first-order chi connectivity index (χ1) is 5.02. The summed E-state index contributed by atoms with van der Waals surface area (Å²) >= 11 is 4.67. The molecule has 0 radical (unpaired) electrons. The van der Waals surface area contributed by atoms with Crippen LogP contribution >= 0.6 is 12.2 Å². The summed E-state index contributed by atoms with van der Waals surface area (Å²) in [5, 5.41) is 0. The number of nitrogens with zero attached hydrogens (tertiary/aromatic N) is 1. The third-order valence-corrected chi connectivity index (χ3v) is 1.29. The molecule has 0 heterocycles. The molecule has 5 heteroatoms. The van der Waals surface area contributed by atoms with Gasteiger partial charge in [-0.2, -0.15) is 0 Å². The van der Waals surface area contributed by atoms with Crippen LogP contribution < -0.4 is 11.5 Å². The minimum Gasteiger partial charge on any atom is -0.392 e. The summed E-state index contributed by atoms with van der Waals surface area (Å²) in [6.07, 6.45) is 0.346. The van der Waals surface area contributed by atoms with Crippen LogP contribution in [0.15, 0.2) is 0 Å². The number of rotatable bonds is 5. The number of hydrogen-bond donors (Lipinski definition) is 2. The summed E-state index contributed by atoms with van der Waals surface area (Å²) in [6, 6.07) is 0. The van der Waals surface area contributed by atoms with E-state index in [0.29, 0.717) is 24.5 Å². The minimum atomic E-state index is -0.306. The van der Waals surface area contributed by atoms with Gasteiger partial charge in [-0.25, -0.2) is 0 Å². The van der Waals surface area contributed by atoms with Crippen LogP contribution in [0.25, 0.3) is 0 Å². The van der Waals surface area contributed by atoms with Crippen LogP contribution in [0.4, 0.5) is 0 Å². The first-order valence-electron chi connectivity index (χ1n) is 3.27. The van der Waals surface area contributed by atoms with E-state index in [0.717, 1.165) is 0 Å². The van der Waals surface area contributed by atoms with E-state index in [1.54, 1.807) is 0 Å². The molecular formula is C6H13N3OS. The quantitative estimate of drug-likeness (QED) is 0.530. The Morgan fingerprint density at radius 2 is 2.09 bits per heavy atom. The van der Waals surface area contributed by atoms with Gasteiger partial charge in [0, 0.05) is 19.5 Å². The second kappa shape index (κ2) is 5.03. The Morgan fingerprint density at radius 3 is 2.45 bits per heavy atom. The van der Waals surface area contributed by atoms with Gasteiger partial charge in [0.05, 0.1) is 4.99 Å². The van der Waals surface area contributed by atoms with Crippen molar-refractivity contribution in [1.82, 2.24) is 4.90 Å². The second-order valence-corrected chi connectivity index (χ2v) is 2.94. The summed E-state index contributed by atoms with van der Waals surface area (Å²) in [4.78, 5) is 12.6. The van der Waals surface area contributed by atoms with Crippen molar-refractivity contribution in [2.45, 2.75) is 6.42 Å². The van der Waals surface area contributed by atoms with Crippen LogP contribution in [0.3, 0.4) is 0 Å².